The summed E-state index contributed by atoms with van der Waals surface area (Å²) in [6, 6.07) is -0.164. The van der Waals surface area contributed by atoms with Gasteiger partial charge in [-0.25, -0.2) is 4.79 Å². The molecule has 0 fully saturated rings. The molecule has 0 aromatic carbocycles. The van der Waals surface area contributed by atoms with Crippen LogP contribution in [0.1, 0.15) is 26.7 Å². The van der Waals surface area contributed by atoms with E-state index < -0.39 is 0 Å². The van der Waals surface area contributed by atoms with Crippen LogP contribution in [0.2, 0.25) is 0 Å². The minimum absolute atomic E-state index is 0.0392. The molecule has 0 aliphatic carbocycles. The van der Waals surface area contributed by atoms with Crippen LogP contribution in [0.15, 0.2) is 0 Å². The highest BCUT2D eigenvalue weighted by molar-refractivity contribution is 5.76. The molecule has 6 nitrogen and oxygen atoms in total. The summed E-state index contributed by atoms with van der Waals surface area (Å²) < 4.78 is 0. The number of hydrogen-bond donors (Lipinski definition) is 3. The third kappa shape index (κ3) is 9.62. The van der Waals surface area contributed by atoms with Gasteiger partial charge < -0.3 is 21.3 Å². The molecular weight excluding hydrogens is 220 g/mol. The van der Waals surface area contributed by atoms with Crippen LogP contribution in [0.5, 0.6) is 0 Å². The highest BCUT2D eigenvalue weighted by Gasteiger charge is 2.12. The van der Waals surface area contributed by atoms with Crippen LogP contribution in [-0.4, -0.2) is 49.6 Å². The fourth-order valence-electron chi connectivity index (χ4n) is 1.05. The number of rotatable bonds is 6. The van der Waals surface area contributed by atoms with Gasteiger partial charge in [-0.1, -0.05) is 0 Å². The Morgan fingerprint density at radius 2 is 1.71 bits per heavy atom. The molecular formula is C11H24N4O2. The van der Waals surface area contributed by atoms with Gasteiger partial charge in [0.25, 0.3) is 0 Å². The van der Waals surface area contributed by atoms with Gasteiger partial charge in [0, 0.05) is 39.1 Å². The molecule has 4 N–H and O–H groups in total. The van der Waals surface area contributed by atoms with Crippen LogP contribution in [0, 0.1) is 0 Å². The Morgan fingerprint density at radius 1 is 1.18 bits per heavy atom. The molecule has 0 aliphatic rings. The van der Waals surface area contributed by atoms with E-state index in [1.54, 1.807) is 14.1 Å². The summed E-state index contributed by atoms with van der Waals surface area (Å²) in [4.78, 5) is 24.0. The molecule has 6 heteroatoms. The average Bonchev–Trinajstić information content (AvgIpc) is 2.20. The van der Waals surface area contributed by atoms with Gasteiger partial charge >= 0.3 is 6.03 Å². The van der Waals surface area contributed by atoms with Gasteiger partial charge in [-0.2, -0.15) is 0 Å². The Hall–Kier alpha value is -1.30. The molecule has 0 unspecified atom stereocenters. The van der Waals surface area contributed by atoms with Crippen molar-refractivity contribution in [1.29, 1.82) is 0 Å². The number of nitrogens with one attached hydrogen (secondary N) is 2. The summed E-state index contributed by atoms with van der Waals surface area (Å²) in [5.74, 6) is -0.0392. The van der Waals surface area contributed by atoms with Crippen molar-refractivity contribution in [2.45, 2.75) is 32.2 Å². The van der Waals surface area contributed by atoms with E-state index in [4.69, 9.17) is 5.73 Å². The monoisotopic (exact) mass is 244 g/mol. The van der Waals surface area contributed by atoms with E-state index in [2.05, 4.69) is 10.6 Å². The van der Waals surface area contributed by atoms with Crippen LogP contribution >= 0.6 is 0 Å². The molecule has 0 saturated heterocycles. The predicted octanol–water partition coefficient (Wildman–Crippen LogP) is -0.109. The van der Waals surface area contributed by atoms with E-state index in [1.807, 2.05) is 13.8 Å². The standard InChI is InChI=1S/C11H24N4O2/c1-11(2,12)6-5-9(16)13-7-8-14-10(17)15(3)4/h5-8,12H2,1-4H3,(H,13,16)(H,14,17). The maximum Gasteiger partial charge on any atom is 0.316 e. The highest BCUT2D eigenvalue weighted by Crippen LogP contribution is 2.06. The summed E-state index contributed by atoms with van der Waals surface area (Å²) in [5.41, 5.74) is 5.45. The first-order valence-electron chi connectivity index (χ1n) is 5.73. The molecule has 3 amide bonds. The fourth-order valence-corrected chi connectivity index (χ4v) is 1.05. The van der Waals surface area contributed by atoms with E-state index in [-0.39, 0.29) is 17.5 Å². The van der Waals surface area contributed by atoms with Crippen molar-refractivity contribution < 1.29 is 9.59 Å². The number of amides is 3. The van der Waals surface area contributed by atoms with Gasteiger partial charge in [-0.15, -0.1) is 0 Å². The van der Waals surface area contributed by atoms with Crippen molar-refractivity contribution in [3.8, 4) is 0 Å². The zero-order valence-corrected chi connectivity index (χ0v) is 11.2. The van der Waals surface area contributed by atoms with Crippen LogP contribution in [0.3, 0.4) is 0 Å². The highest BCUT2D eigenvalue weighted by atomic mass is 16.2. The summed E-state index contributed by atoms with van der Waals surface area (Å²) in [6.45, 7) is 4.63. The lowest BCUT2D eigenvalue weighted by Gasteiger charge is -2.17. The number of nitrogens with zero attached hydrogens (tertiary/aromatic N) is 1. The smallest absolute Gasteiger partial charge is 0.316 e. The molecule has 0 aliphatic heterocycles. The number of nitrogens with two attached hydrogens (primary N) is 1. The molecule has 100 valence electrons. The SMILES string of the molecule is CN(C)C(=O)NCCNC(=O)CCC(C)(C)N. The normalized spacial score (nSPS) is 10.9. The summed E-state index contributed by atoms with van der Waals surface area (Å²) in [5, 5.41) is 5.38. The van der Waals surface area contributed by atoms with Gasteiger partial charge in [-0.05, 0) is 20.3 Å². The lowest BCUT2D eigenvalue weighted by molar-refractivity contribution is -0.121. The van der Waals surface area contributed by atoms with Gasteiger partial charge in [0.1, 0.15) is 0 Å². The summed E-state index contributed by atoms with van der Waals surface area (Å²) in [7, 11) is 3.33. The van der Waals surface area contributed by atoms with E-state index in [0.717, 1.165) is 0 Å². The van der Waals surface area contributed by atoms with Crippen molar-refractivity contribution in [3.63, 3.8) is 0 Å². The largest absolute Gasteiger partial charge is 0.354 e. The van der Waals surface area contributed by atoms with Crippen molar-refractivity contribution in [1.82, 2.24) is 15.5 Å². The van der Waals surface area contributed by atoms with E-state index in [1.165, 1.54) is 4.90 Å². The van der Waals surface area contributed by atoms with Crippen molar-refractivity contribution >= 4 is 11.9 Å². The lowest BCUT2D eigenvalue weighted by Crippen LogP contribution is -2.40. The Balaban J connectivity index is 3.56. The van der Waals surface area contributed by atoms with Crippen molar-refractivity contribution in [2.24, 2.45) is 5.73 Å². The molecule has 0 bridgehead atoms. The van der Waals surface area contributed by atoms with Crippen LogP contribution in [-0.2, 0) is 4.79 Å². The van der Waals surface area contributed by atoms with Gasteiger partial charge in [0.2, 0.25) is 5.91 Å². The minimum Gasteiger partial charge on any atom is -0.354 e. The first-order valence-corrected chi connectivity index (χ1v) is 5.73. The molecule has 0 spiro atoms. The number of carbonyl (C=O) groups excluding carboxylic acids is 2. The van der Waals surface area contributed by atoms with Crippen molar-refractivity contribution in [3.05, 3.63) is 0 Å². The Labute approximate surface area is 103 Å². The Bertz CT molecular complexity index is 259. The second-order valence-corrected chi connectivity index (χ2v) is 4.96. The Morgan fingerprint density at radius 3 is 2.18 bits per heavy atom. The molecule has 0 rings (SSSR count). The second-order valence-electron chi connectivity index (χ2n) is 4.96. The molecule has 0 heterocycles. The first-order chi connectivity index (χ1) is 7.72. The number of carbonyl (C=O) groups is 2. The van der Waals surface area contributed by atoms with Crippen LogP contribution in [0.25, 0.3) is 0 Å². The molecule has 0 radical (unpaired) electrons. The topological polar surface area (TPSA) is 87.5 Å². The number of hydrogen-bond acceptors (Lipinski definition) is 3. The van der Waals surface area contributed by atoms with Gasteiger partial charge in [0.05, 0.1) is 0 Å². The summed E-state index contributed by atoms with van der Waals surface area (Å²) in [6.07, 6.45) is 1.05. The first kappa shape index (κ1) is 15.7. The molecule has 0 atom stereocenters. The van der Waals surface area contributed by atoms with Crippen LogP contribution in [0.4, 0.5) is 4.79 Å². The van der Waals surface area contributed by atoms with E-state index >= 15 is 0 Å². The third-order valence-corrected chi connectivity index (χ3v) is 2.13. The third-order valence-electron chi connectivity index (χ3n) is 2.13. The maximum absolute atomic E-state index is 11.4. The Kier molecular flexibility index (Phi) is 6.57. The number of urea groups is 1. The molecule has 0 aromatic rings. The summed E-state index contributed by atoms with van der Waals surface area (Å²) >= 11 is 0. The quantitative estimate of drug-likeness (QED) is 0.570. The zero-order valence-electron chi connectivity index (χ0n) is 11.2. The van der Waals surface area contributed by atoms with Gasteiger partial charge in [-0.3, -0.25) is 4.79 Å². The fraction of sp³-hybridized carbons (Fsp3) is 0.818. The maximum atomic E-state index is 11.4. The molecule has 17 heavy (non-hydrogen) atoms. The predicted molar refractivity (Wildman–Crippen MR) is 67.6 cm³/mol. The van der Waals surface area contributed by atoms with E-state index in [0.29, 0.717) is 25.9 Å². The minimum atomic E-state index is -0.323. The second kappa shape index (κ2) is 7.11. The average molecular weight is 244 g/mol. The lowest BCUT2D eigenvalue weighted by atomic mass is 10.00. The van der Waals surface area contributed by atoms with Gasteiger partial charge in [0.15, 0.2) is 0 Å². The van der Waals surface area contributed by atoms with Crippen LogP contribution < -0.4 is 16.4 Å². The molecule has 0 aromatic heterocycles. The zero-order chi connectivity index (χ0) is 13.5. The van der Waals surface area contributed by atoms with E-state index in [9.17, 15) is 9.59 Å². The molecule has 0 saturated carbocycles. The van der Waals surface area contributed by atoms with Crippen molar-refractivity contribution in [2.75, 3.05) is 27.2 Å².